The lowest BCUT2D eigenvalue weighted by Gasteiger charge is -2.22. The number of esters is 2. The first-order valence-electron chi connectivity index (χ1n) is 7.00. The molecule has 21 heavy (non-hydrogen) atoms. The van der Waals surface area contributed by atoms with Gasteiger partial charge in [-0.15, -0.1) is 0 Å². The first kappa shape index (κ1) is 17.0. The summed E-state index contributed by atoms with van der Waals surface area (Å²) in [7, 11) is 1.38. The van der Waals surface area contributed by atoms with E-state index in [0.717, 1.165) is 11.3 Å². The van der Waals surface area contributed by atoms with Crippen molar-refractivity contribution >= 4 is 17.6 Å². The van der Waals surface area contributed by atoms with E-state index < -0.39 is 5.41 Å². The third-order valence-electron chi connectivity index (χ3n) is 3.27. The smallest absolute Gasteiger partial charge is 0.315 e. The second kappa shape index (κ2) is 7.67. The molecule has 0 saturated heterocycles. The zero-order chi connectivity index (χ0) is 15.9. The minimum Gasteiger partial charge on any atom is -0.468 e. The summed E-state index contributed by atoms with van der Waals surface area (Å²) >= 11 is 0. The Hall–Kier alpha value is -2.04. The van der Waals surface area contributed by atoms with Crippen LogP contribution in [0.3, 0.4) is 0 Å². The Morgan fingerprint density at radius 3 is 2.33 bits per heavy atom. The maximum atomic E-state index is 11.7. The van der Waals surface area contributed by atoms with E-state index in [9.17, 15) is 9.59 Å². The summed E-state index contributed by atoms with van der Waals surface area (Å²) in [6.45, 7) is 6.34. The molecule has 0 unspecified atom stereocenters. The Morgan fingerprint density at radius 2 is 1.81 bits per heavy atom. The van der Waals surface area contributed by atoms with Gasteiger partial charge < -0.3 is 14.8 Å². The van der Waals surface area contributed by atoms with Gasteiger partial charge >= 0.3 is 11.9 Å². The molecule has 0 heterocycles. The molecular formula is C16H23NO4. The summed E-state index contributed by atoms with van der Waals surface area (Å²) in [5.74, 6) is -0.487. The summed E-state index contributed by atoms with van der Waals surface area (Å²) in [6, 6.07) is 7.52. The van der Waals surface area contributed by atoms with Gasteiger partial charge in [0, 0.05) is 12.2 Å². The second-order valence-electron chi connectivity index (χ2n) is 5.18. The lowest BCUT2D eigenvalue weighted by Crippen LogP contribution is -2.30. The fourth-order valence-electron chi connectivity index (χ4n) is 1.92. The molecule has 5 heteroatoms. The molecule has 0 bridgehead atoms. The van der Waals surface area contributed by atoms with Gasteiger partial charge in [-0.1, -0.05) is 12.1 Å². The third kappa shape index (κ3) is 4.77. The van der Waals surface area contributed by atoms with Crippen LogP contribution in [0.25, 0.3) is 0 Å². The Labute approximate surface area is 125 Å². The zero-order valence-electron chi connectivity index (χ0n) is 13.1. The van der Waals surface area contributed by atoms with Crippen LogP contribution in [0.2, 0.25) is 0 Å². The largest absolute Gasteiger partial charge is 0.468 e. The number of benzene rings is 1. The lowest BCUT2D eigenvalue weighted by molar-refractivity contribution is -0.146. The van der Waals surface area contributed by atoms with Crippen molar-refractivity contribution in [2.75, 3.05) is 25.6 Å². The monoisotopic (exact) mass is 293 g/mol. The van der Waals surface area contributed by atoms with Crippen molar-refractivity contribution in [3.8, 4) is 0 Å². The number of hydrogen-bond donors (Lipinski definition) is 1. The van der Waals surface area contributed by atoms with E-state index in [1.807, 2.05) is 38.1 Å². The van der Waals surface area contributed by atoms with Gasteiger partial charge in [0.2, 0.25) is 0 Å². The van der Waals surface area contributed by atoms with E-state index in [0.29, 0.717) is 19.6 Å². The number of anilines is 1. The molecule has 0 aliphatic heterocycles. The van der Waals surface area contributed by atoms with Crippen LogP contribution in [-0.4, -0.2) is 32.2 Å². The van der Waals surface area contributed by atoms with Crippen LogP contribution in [0.5, 0.6) is 0 Å². The summed E-state index contributed by atoms with van der Waals surface area (Å²) in [4.78, 5) is 23.0. The number of hydrogen-bond acceptors (Lipinski definition) is 5. The highest BCUT2D eigenvalue weighted by molar-refractivity contribution is 5.82. The molecule has 1 aromatic rings. The first-order chi connectivity index (χ1) is 9.91. The summed E-state index contributed by atoms with van der Waals surface area (Å²) in [6.07, 6.45) is 0.323. The zero-order valence-corrected chi connectivity index (χ0v) is 13.1. The van der Waals surface area contributed by atoms with Crippen LogP contribution in [0.1, 0.15) is 32.8 Å². The van der Waals surface area contributed by atoms with Crippen LogP contribution < -0.4 is 5.32 Å². The average molecular weight is 293 g/mol. The fourth-order valence-corrected chi connectivity index (χ4v) is 1.92. The molecule has 0 aromatic heterocycles. The summed E-state index contributed by atoms with van der Waals surface area (Å²) in [5, 5.41) is 3.14. The van der Waals surface area contributed by atoms with E-state index in [2.05, 4.69) is 5.32 Å². The Bertz CT molecular complexity index is 480. The average Bonchev–Trinajstić information content (AvgIpc) is 2.47. The van der Waals surface area contributed by atoms with Crippen molar-refractivity contribution in [1.29, 1.82) is 0 Å². The summed E-state index contributed by atoms with van der Waals surface area (Å²) in [5.41, 5.74) is 1.09. The molecule has 116 valence electrons. The highest BCUT2D eigenvalue weighted by Crippen LogP contribution is 2.25. The molecule has 0 amide bonds. The van der Waals surface area contributed by atoms with Crippen molar-refractivity contribution in [3.05, 3.63) is 29.8 Å². The van der Waals surface area contributed by atoms with E-state index in [1.54, 1.807) is 6.92 Å². The molecule has 1 rings (SSSR count). The Balaban J connectivity index is 2.58. The summed E-state index contributed by atoms with van der Waals surface area (Å²) < 4.78 is 9.66. The van der Waals surface area contributed by atoms with Crippen LogP contribution >= 0.6 is 0 Å². The van der Waals surface area contributed by atoms with Gasteiger partial charge in [-0.2, -0.15) is 0 Å². The molecule has 0 aliphatic carbocycles. The molecule has 0 atom stereocenters. The van der Waals surface area contributed by atoms with Crippen LogP contribution in [0.4, 0.5) is 5.69 Å². The predicted octanol–water partition coefficient (Wildman–Crippen LogP) is 2.50. The molecular weight excluding hydrogens is 270 g/mol. The van der Waals surface area contributed by atoms with Gasteiger partial charge in [0.15, 0.2) is 0 Å². The van der Waals surface area contributed by atoms with Gasteiger partial charge in [-0.25, -0.2) is 0 Å². The number of ether oxygens (including phenoxy) is 2. The van der Waals surface area contributed by atoms with E-state index in [-0.39, 0.29) is 11.9 Å². The predicted molar refractivity (Wildman–Crippen MR) is 81.2 cm³/mol. The SMILES string of the molecule is CCOC(=O)CCNc1ccc(C(C)(C)C(=O)OC)cc1. The highest BCUT2D eigenvalue weighted by atomic mass is 16.5. The van der Waals surface area contributed by atoms with E-state index in [4.69, 9.17) is 9.47 Å². The van der Waals surface area contributed by atoms with Crippen LogP contribution in [0, 0.1) is 0 Å². The standard InChI is InChI=1S/C16H23NO4/c1-5-21-14(18)10-11-17-13-8-6-12(7-9-13)16(2,3)15(19)20-4/h6-9,17H,5,10-11H2,1-4H3. The normalized spacial score (nSPS) is 10.9. The van der Waals surface area contributed by atoms with Crippen molar-refractivity contribution in [2.45, 2.75) is 32.6 Å². The van der Waals surface area contributed by atoms with Crippen molar-refractivity contribution in [1.82, 2.24) is 0 Å². The van der Waals surface area contributed by atoms with Crippen molar-refractivity contribution in [2.24, 2.45) is 0 Å². The minimum absolute atomic E-state index is 0.214. The molecule has 0 spiro atoms. The number of rotatable bonds is 7. The quantitative estimate of drug-likeness (QED) is 0.783. The fraction of sp³-hybridized carbons (Fsp3) is 0.500. The Morgan fingerprint density at radius 1 is 1.19 bits per heavy atom. The number of carbonyl (C=O) groups is 2. The number of carbonyl (C=O) groups excluding carboxylic acids is 2. The highest BCUT2D eigenvalue weighted by Gasteiger charge is 2.30. The van der Waals surface area contributed by atoms with Crippen molar-refractivity contribution in [3.63, 3.8) is 0 Å². The van der Waals surface area contributed by atoms with Crippen LogP contribution in [-0.2, 0) is 24.5 Å². The number of nitrogens with one attached hydrogen (secondary N) is 1. The molecule has 0 radical (unpaired) electrons. The van der Waals surface area contributed by atoms with E-state index >= 15 is 0 Å². The van der Waals surface area contributed by atoms with E-state index in [1.165, 1.54) is 7.11 Å². The molecule has 0 saturated carbocycles. The molecule has 0 fully saturated rings. The Kier molecular flexibility index (Phi) is 6.21. The molecule has 0 aliphatic rings. The maximum Gasteiger partial charge on any atom is 0.315 e. The third-order valence-corrected chi connectivity index (χ3v) is 3.27. The van der Waals surface area contributed by atoms with Gasteiger partial charge in [0.05, 0.1) is 25.6 Å². The maximum absolute atomic E-state index is 11.7. The molecule has 1 N–H and O–H groups in total. The lowest BCUT2D eigenvalue weighted by atomic mass is 9.85. The van der Waals surface area contributed by atoms with Gasteiger partial charge in [0.1, 0.15) is 0 Å². The number of methoxy groups -OCH3 is 1. The van der Waals surface area contributed by atoms with Crippen molar-refractivity contribution < 1.29 is 19.1 Å². The second-order valence-corrected chi connectivity index (χ2v) is 5.18. The first-order valence-corrected chi connectivity index (χ1v) is 7.00. The molecule has 5 nitrogen and oxygen atoms in total. The minimum atomic E-state index is -0.682. The topological polar surface area (TPSA) is 64.6 Å². The molecule has 1 aromatic carbocycles. The van der Waals surface area contributed by atoms with Gasteiger partial charge in [0.25, 0.3) is 0 Å². The van der Waals surface area contributed by atoms with Crippen LogP contribution in [0.15, 0.2) is 24.3 Å². The van der Waals surface area contributed by atoms with Gasteiger partial charge in [-0.05, 0) is 38.5 Å². The van der Waals surface area contributed by atoms with Gasteiger partial charge in [-0.3, -0.25) is 9.59 Å².